The maximum atomic E-state index is 5.32. The number of hydrogen-bond donors (Lipinski definition) is 2. The number of nitrogens with zero attached hydrogens (tertiary/aromatic N) is 2. The monoisotopic (exact) mass is 450 g/mol. The van der Waals surface area contributed by atoms with Gasteiger partial charge in [0.15, 0.2) is 5.96 Å². The van der Waals surface area contributed by atoms with Gasteiger partial charge in [0.25, 0.3) is 0 Å². The molecule has 0 amide bonds. The number of nitrogens with one attached hydrogen (secondary N) is 2. The van der Waals surface area contributed by atoms with E-state index in [1.165, 1.54) is 0 Å². The second-order valence-corrected chi connectivity index (χ2v) is 5.31. The van der Waals surface area contributed by atoms with Gasteiger partial charge < -0.3 is 24.7 Å². The zero-order chi connectivity index (χ0) is 16.8. The summed E-state index contributed by atoms with van der Waals surface area (Å²) in [5, 5.41) is 6.54. The largest absolute Gasteiger partial charge is 0.469 e. The van der Waals surface area contributed by atoms with Crippen LogP contribution in [0.4, 0.5) is 0 Å². The third-order valence-corrected chi connectivity index (χ3v) is 3.30. The van der Waals surface area contributed by atoms with Crippen LogP contribution in [0.15, 0.2) is 40.5 Å². The van der Waals surface area contributed by atoms with Crippen LogP contribution in [0.2, 0.25) is 0 Å². The molecule has 1 rings (SSSR count). The van der Waals surface area contributed by atoms with Gasteiger partial charge in [0.2, 0.25) is 0 Å². The predicted octanol–water partition coefficient (Wildman–Crippen LogP) is 2.13. The summed E-state index contributed by atoms with van der Waals surface area (Å²) in [5.74, 6) is 1.78. The molecule has 24 heavy (non-hydrogen) atoms. The number of likely N-dealkylation sites (N-methyl/N-ethyl adjacent to an activating group) is 1. The van der Waals surface area contributed by atoms with Crippen LogP contribution in [-0.4, -0.2) is 64.3 Å². The Morgan fingerprint density at radius 1 is 1.42 bits per heavy atom. The molecule has 1 aromatic rings. The first kappa shape index (κ1) is 22.9. The molecule has 0 atom stereocenters. The van der Waals surface area contributed by atoms with Gasteiger partial charge in [-0.2, -0.15) is 0 Å². The van der Waals surface area contributed by atoms with E-state index in [0.717, 1.165) is 57.3 Å². The Morgan fingerprint density at radius 2 is 2.25 bits per heavy atom. The van der Waals surface area contributed by atoms with E-state index in [4.69, 9.17) is 9.15 Å². The van der Waals surface area contributed by atoms with Crippen LogP contribution in [0.3, 0.4) is 0 Å². The summed E-state index contributed by atoms with van der Waals surface area (Å²) >= 11 is 0. The highest BCUT2D eigenvalue weighted by Gasteiger charge is 2.01. The van der Waals surface area contributed by atoms with Crippen molar-refractivity contribution in [3.8, 4) is 0 Å². The van der Waals surface area contributed by atoms with Crippen LogP contribution < -0.4 is 10.6 Å². The van der Waals surface area contributed by atoms with Gasteiger partial charge in [-0.3, -0.25) is 4.99 Å². The summed E-state index contributed by atoms with van der Waals surface area (Å²) in [5.41, 5.74) is 0. The lowest BCUT2D eigenvalue weighted by Gasteiger charge is -2.16. The number of aliphatic imine (C=N–C) groups is 1. The lowest BCUT2D eigenvalue weighted by molar-refractivity contribution is 0.180. The summed E-state index contributed by atoms with van der Waals surface area (Å²) in [7, 11) is 3.84. The lowest BCUT2D eigenvalue weighted by atomic mass is 10.3. The summed E-state index contributed by atoms with van der Waals surface area (Å²) in [6.07, 6.45) is 5.39. The molecule has 2 N–H and O–H groups in total. The Morgan fingerprint density at radius 3 is 2.92 bits per heavy atom. The van der Waals surface area contributed by atoms with E-state index in [9.17, 15) is 0 Å². The topological polar surface area (TPSA) is 62.0 Å². The van der Waals surface area contributed by atoms with Crippen molar-refractivity contribution in [3.63, 3.8) is 0 Å². The molecule has 0 aliphatic rings. The van der Waals surface area contributed by atoms with Crippen LogP contribution in [0.1, 0.15) is 12.2 Å². The van der Waals surface area contributed by atoms with Gasteiger partial charge in [0, 0.05) is 46.3 Å². The third kappa shape index (κ3) is 11.5. The molecule has 7 heteroatoms. The quantitative estimate of drug-likeness (QED) is 0.168. The van der Waals surface area contributed by atoms with Gasteiger partial charge in [0.05, 0.1) is 12.8 Å². The molecule has 0 unspecified atom stereocenters. The summed E-state index contributed by atoms with van der Waals surface area (Å²) < 4.78 is 10.4. The van der Waals surface area contributed by atoms with Crippen molar-refractivity contribution in [2.75, 3.05) is 53.5 Å². The highest BCUT2D eigenvalue weighted by Crippen LogP contribution is 1.99. The molecule has 138 valence electrons. The van der Waals surface area contributed by atoms with Crippen molar-refractivity contribution in [3.05, 3.63) is 36.8 Å². The van der Waals surface area contributed by atoms with E-state index in [0.29, 0.717) is 6.54 Å². The molecule has 1 aromatic heterocycles. The van der Waals surface area contributed by atoms with Gasteiger partial charge in [-0.25, -0.2) is 0 Å². The lowest BCUT2D eigenvalue weighted by Crippen LogP contribution is -2.39. The van der Waals surface area contributed by atoms with Crippen LogP contribution in [0.5, 0.6) is 0 Å². The highest BCUT2D eigenvalue weighted by molar-refractivity contribution is 14.0. The molecule has 0 bridgehead atoms. The molecular weight excluding hydrogens is 419 g/mol. The Bertz CT molecular complexity index is 438. The van der Waals surface area contributed by atoms with E-state index in [2.05, 4.69) is 34.2 Å². The molecule has 0 saturated carbocycles. The van der Waals surface area contributed by atoms with E-state index < -0.39 is 0 Å². The second kappa shape index (κ2) is 15.5. The Labute approximate surface area is 162 Å². The minimum absolute atomic E-state index is 0. The van der Waals surface area contributed by atoms with Crippen molar-refractivity contribution in [1.29, 1.82) is 0 Å². The zero-order valence-electron chi connectivity index (χ0n) is 14.8. The molecule has 0 fully saturated rings. The number of guanidine groups is 1. The van der Waals surface area contributed by atoms with E-state index in [1.807, 2.05) is 18.2 Å². The van der Waals surface area contributed by atoms with E-state index in [1.54, 1.807) is 13.4 Å². The van der Waals surface area contributed by atoms with Crippen molar-refractivity contribution in [2.24, 2.45) is 4.99 Å². The van der Waals surface area contributed by atoms with Crippen LogP contribution >= 0.6 is 24.0 Å². The predicted molar refractivity (Wildman–Crippen MR) is 110 cm³/mol. The fraction of sp³-hybridized carbons (Fsp3) is 0.588. The smallest absolute Gasteiger partial charge is 0.191 e. The van der Waals surface area contributed by atoms with Gasteiger partial charge in [0.1, 0.15) is 5.76 Å². The van der Waals surface area contributed by atoms with Crippen LogP contribution in [0, 0.1) is 0 Å². The number of ether oxygens (including phenoxy) is 1. The molecular formula is C17H31IN4O2. The summed E-state index contributed by atoms with van der Waals surface area (Å²) in [6.45, 7) is 8.68. The molecule has 0 aromatic carbocycles. The number of rotatable bonds is 12. The molecule has 0 radical (unpaired) electrons. The molecule has 6 nitrogen and oxygen atoms in total. The van der Waals surface area contributed by atoms with Crippen molar-refractivity contribution >= 4 is 29.9 Å². The molecule has 0 aliphatic heterocycles. The molecule has 0 spiro atoms. The van der Waals surface area contributed by atoms with E-state index >= 15 is 0 Å². The average molecular weight is 450 g/mol. The minimum Gasteiger partial charge on any atom is -0.469 e. The Hall–Kier alpha value is -1.06. The fourth-order valence-electron chi connectivity index (χ4n) is 2.03. The molecule has 0 saturated heterocycles. The maximum absolute atomic E-state index is 5.32. The average Bonchev–Trinajstić information content (AvgIpc) is 3.05. The normalized spacial score (nSPS) is 11.2. The summed E-state index contributed by atoms with van der Waals surface area (Å²) in [6, 6.07) is 3.88. The van der Waals surface area contributed by atoms with Crippen LogP contribution in [-0.2, 0) is 11.2 Å². The standard InChI is InChI=1S/C17H30N4O2.HI/c1-4-9-18-17(19-10-8-16-7-5-15-23-16)20-11-13-21(2)12-6-14-22-3;/h4-5,7,15H,1,6,8-14H2,2-3H3,(H2,18,19,20);1H. The summed E-state index contributed by atoms with van der Waals surface area (Å²) in [4.78, 5) is 6.85. The first-order chi connectivity index (χ1) is 11.3. The minimum atomic E-state index is 0. The van der Waals surface area contributed by atoms with Crippen molar-refractivity contribution < 1.29 is 9.15 Å². The first-order valence-electron chi connectivity index (χ1n) is 8.09. The molecule has 1 heterocycles. The van der Waals surface area contributed by atoms with Gasteiger partial charge in [-0.05, 0) is 25.6 Å². The van der Waals surface area contributed by atoms with Crippen molar-refractivity contribution in [2.45, 2.75) is 12.8 Å². The number of furan rings is 1. The maximum Gasteiger partial charge on any atom is 0.191 e. The Balaban J connectivity index is 0.00000529. The number of hydrogen-bond acceptors (Lipinski definition) is 4. The van der Waals surface area contributed by atoms with Gasteiger partial charge >= 0.3 is 0 Å². The zero-order valence-corrected chi connectivity index (χ0v) is 17.1. The Kier molecular flexibility index (Phi) is 14.8. The SMILES string of the molecule is C=CCNC(=NCCN(C)CCCOC)NCCc1ccco1.I. The van der Waals surface area contributed by atoms with Gasteiger partial charge in [-0.15, -0.1) is 30.6 Å². The van der Waals surface area contributed by atoms with Crippen LogP contribution in [0.25, 0.3) is 0 Å². The highest BCUT2D eigenvalue weighted by atomic mass is 127. The number of halogens is 1. The number of methoxy groups -OCH3 is 1. The fourth-order valence-corrected chi connectivity index (χ4v) is 2.03. The second-order valence-electron chi connectivity index (χ2n) is 5.31. The van der Waals surface area contributed by atoms with Crippen molar-refractivity contribution in [1.82, 2.24) is 15.5 Å². The van der Waals surface area contributed by atoms with Gasteiger partial charge in [-0.1, -0.05) is 6.08 Å². The van der Waals surface area contributed by atoms with E-state index in [-0.39, 0.29) is 24.0 Å². The first-order valence-corrected chi connectivity index (χ1v) is 8.09. The molecule has 0 aliphatic carbocycles. The third-order valence-electron chi connectivity index (χ3n) is 3.30.